The Morgan fingerprint density at radius 2 is 2.31 bits per heavy atom. The van der Waals surface area contributed by atoms with Crippen LogP contribution in [-0.4, -0.2) is 5.21 Å². The van der Waals surface area contributed by atoms with Crippen molar-refractivity contribution in [2.24, 2.45) is 0 Å². The first-order valence-corrected chi connectivity index (χ1v) is 5.64. The Bertz CT molecular complexity index is 367. The van der Waals surface area contributed by atoms with Crippen molar-refractivity contribution in [3.63, 3.8) is 0 Å². The summed E-state index contributed by atoms with van der Waals surface area (Å²) >= 11 is 3.39. The van der Waals surface area contributed by atoms with Gasteiger partial charge in [0.2, 0.25) is 0 Å². The molecule has 0 saturated heterocycles. The van der Waals surface area contributed by atoms with E-state index in [-0.39, 0.29) is 0 Å². The number of hydrogen-bond acceptors (Lipinski definition) is 4. The molecule has 68 valence electrons. The predicted octanol–water partition coefficient (Wildman–Crippen LogP) is 2.96. The molecule has 0 fully saturated rings. The molecule has 0 amide bonds. The maximum absolute atomic E-state index is 8.52. The van der Waals surface area contributed by atoms with Crippen LogP contribution in [0.5, 0.6) is 0 Å². The molecule has 13 heavy (non-hydrogen) atoms. The van der Waals surface area contributed by atoms with E-state index in [1.54, 1.807) is 22.7 Å². The molecule has 0 radical (unpaired) electrons. The van der Waals surface area contributed by atoms with Gasteiger partial charge in [0.15, 0.2) is 0 Å². The third-order valence-corrected chi connectivity index (χ3v) is 3.57. The fourth-order valence-electron chi connectivity index (χ4n) is 1.12. The summed E-state index contributed by atoms with van der Waals surface area (Å²) in [6, 6.07) is 6.24. The van der Waals surface area contributed by atoms with Crippen molar-refractivity contribution in [3.8, 4) is 10.4 Å². The molecule has 0 bridgehead atoms. The van der Waals surface area contributed by atoms with Crippen LogP contribution in [0, 0.1) is 0 Å². The van der Waals surface area contributed by atoms with Crippen LogP contribution in [-0.2, 0) is 6.54 Å². The third-order valence-electron chi connectivity index (χ3n) is 1.71. The van der Waals surface area contributed by atoms with Gasteiger partial charge in [-0.15, -0.1) is 22.7 Å². The lowest BCUT2D eigenvalue weighted by Crippen LogP contribution is -2.03. The molecular weight excluding hydrogens is 202 g/mol. The highest BCUT2D eigenvalue weighted by atomic mass is 32.1. The van der Waals surface area contributed by atoms with E-state index in [2.05, 4.69) is 28.4 Å². The van der Waals surface area contributed by atoms with E-state index >= 15 is 0 Å². The summed E-state index contributed by atoms with van der Waals surface area (Å²) in [4.78, 5) is 2.42. The quantitative estimate of drug-likeness (QED) is 0.765. The van der Waals surface area contributed by atoms with Gasteiger partial charge in [0, 0.05) is 15.3 Å². The second-order valence-electron chi connectivity index (χ2n) is 2.61. The Labute approximate surface area is 84.4 Å². The first kappa shape index (κ1) is 8.90. The highest BCUT2D eigenvalue weighted by Crippen LogP contribution is 2.28. The molecule has 2 rings (SSSR count). The van der Waals surface area contributed by atoms with Crippen LogP contribution in [0.15, 0.2) is 29.0 Å². The van der Waals surface area contributed by atoms with Gasteiger partial charge in [-0.2, -0.15) is 0 Å². The van der Waals surface area contributed by atoms with E-state index in [1.165, 1.54) is 10.4 Å². The Morgan fingerprint density at radius 1 is 1.38 bits per heavy atom. The van der Waals surface area contributed by atoms with E-state index in [4.69, 9.17) is 5.21 Å². The molecule has 0 aliphatic heterocycles. The number of rotatable bonds is 3. The van der Waals surface area contributed by atoms with Crippen LogP contribution in [0.1, 0.15) is 4.88 Å². The van der Waals surface area contributed by atoms with Gasteiger partial charge in [-0.05, 0) is 22.9 Å². The van der Waals surface area contributed by atoms with E-state index in [0.717, 1.165) is 4.88 Å². The summed E-state index contributed by atoms with van der Waals surface area (Å²) in [5.74, 6) is 0. The molecule has 2 aromatic heterocycles. The van der Waals surface area contributed by atoms with Crippen molar-refractivity contribution in [2.45, 2.75) is 6.54 Å². The molecule has 2 N–H and O–H groups in total. The largest absolute Gasteiger partial charge is 0.316 e. The minimum Gasteiger partial charge on any atom is -0.316 e. The smallest absolute Gasteiger partial charge is 0.0552 e. The molecule has 0 saturated carbocycles. The van der Waals surface area contributed by atoms with Crippen molar-refractivity contribution in [1.82, 2.24) is 5.48 Å². The number of hydrogen-bond donors (Lipinski definition) is 2. The molecule has 0 spiro atoms. The standard InChI is InChI=1S/C9H9NOS2/c11-10-5-8-4-7(6-13-8)9-2-1-3-12-9/h1-4,6,10-11H,5H2. The van der Waals surface area contributed by atoms with Crippen molar-refractivity contribution >= 4 is 22.7 Å². The maximum atomic E-state index is 8.52. The van der Waals surface area contributed by atoms with E-state index in [9.17, 15) is 0 Å². The second kappa shape index (κ2) is 4.02. The Balaban J connectivity index is 2.23. The highest BCUT2D eigenvalue weighted by molar-refractivity contribution is 7.14. The lowest BCUT2D eigenvalue weighted by Gasteiger charge is -1.90. The first-order chi connectivity index (χ1) is 6.40. The maximum Gasteiger partial charge on any atom is 0.0552 e. The zero-order valence-electron chi connectivity index (χ0n) is 6.86. The molecule has 0 atom stereocenters. The average Bonchev–Trinajstić information content (AvgIpc) is 2.70. The number of nitrogens with one attached hydrogen (secondary N) is 1. The van der Waals surface area contributed by atoms with Gasteiger partial charge < -0.3 is 5.21 Å². The van der Waals surface area contributed by atoms with Crippen LogP contribution >= 0.6 is 22.7 Å². The first-order valence-electron chi connectivity index (χ1n) is 3.88. The lowest BCUT2D eigenvalue weighted by molar-refractivity contribution is 0.162. The molecule has 0 aromatic carbocycles. The van der Waals surface area contributed by atoms with Gasteiger partial charge in [-0.25, -0.2) is 5.48 Å². The zero-order valence-corrected chi connectivity index (χ0v) is 8.49. The van der Waals surface area contributed by atoms with Gasteiger partial charge >= 0.3 is 0 Å². The Morgan fingerprint density at radius 3 is 3.00 bits per heavy atom. The van der Waals surface area contributed by atoms with E-state index in [0.29, 0.717) is 6.54 Å². The molecule has 2 aromatic rings. The predicted molar refractivity (Wildman–Crippen MR) is 56.3 cm³/mol. The van der Waals surface area contributed by atoms with Gasteiger partial charge in [0.25, 0.3) is 0 Å². The van der Waals surface area contributed by atoms with Gasteiger partial charge in [-0.3, -0.25) is 0 Å². The number of thiophene rings is 2. The van der Waals surface area contributed by atoms with Crippen LogP contribution in [0.2, 0.25) is 0 Å². The second-order valence-corrected chi connectivity index (χ2v) is 4.56. The lowest BCUT2D eigenvalue weighted by atomic mass is 10.2. The summed E-state index contributed by atoms with van der Waals surface area (Å²) in [5.41, 5.74) is 3.40. The van der Waals surface area contributed by atoms with Crippen LogP contribution in [0.3, 0.4) is 0 Å². The number of hydroxylamine groups is 1. The third kappa shape index (κ3) is 1.97. The average molecular weight is 211 g/mol. The van der Waals surface area contributed by atoms with Crippen molar-refractivity contribution < 1.29 is 5.21 Å². The summed E-state index contributed by atoms with van der Waals surface area (Å²) in [5, 5.41) is 12.7. The summed E-state index contributed by atoms with van der Waals surface area (Å²) in [6.45, 7) is 0.524. The SMILES string of the molecule is ONCc1cc(-c2cccs2)cs1. The van der Waals surface area contributed by atoms with Crippen LogP contribution in [0.4, 0.5) is 0 Å². The Kier molecular flexibility index (Phi) is 2.75. The van der Waals surface area contributed by atoms with Gasteiger partial charge in [0.05, 0.1) is 6.54 Å². The molecule has 0 aliphatic carbocycles. The fraction of sp³-hybridized carbons (Fsp3) is 0.111. The van der Waals surface area contributed by atoms with E-state index in [1.807, 2.05) is 6.07 Å². The summed E-state index contributed by atoms with van der Waals surface area (Å²) in [7, 11) is 0. The molecule has 4 heteroatoms. The highest BCUT2D eigenvalue weighted by Gasteiger charge is 2.02. The Hall–Kier alpha value is -0.680. The van der Waals surface area contributed by atoms with Crippen LogP contribution in [0.25, 0.3) is 10.4 Å². The van der Waals surface area contributed by atoms with Gasteiger partial charge in [-0.1, -0.05) is 6.07 Å². The summed E-state index contributed by atoms with van der Waals surface area (Å²) in [6.07, 6.45) is 0. The minimum absolute atomic E-state index is 0.524. The molecule has 2 heterocycles. The molecular formula is C9H9NOS2. The van der Waals surface area contributed by atoms with E-state index < -0.39 is 0 Å². The summed E-state index contributed by atoms with van der Waals surface area (Å²) < 4.78 is 0. The topological polar surface area (TPSA) is 32.3 Å². The van der Waals surface area contributed by atoms with Crippen LogP contribution < -0.4 is 5.48 Å². The zero-order chi connectivity index (χ0) is 9.10. The van der Waals surface area contributed by atoms with Crippen molar-refractivity contribution in [3.05, 3.63) is 33.8 Å². The fourth-order valence-corrected chi connectivity index (χ4v) is 2.73. The van der Waals surface area contributed by atoms with Gasteiger partial charge in [0.1, 0.15) is 0 Å². The molecule has 0 unspecified atom stereocenters. The minimum atomic E-state index is 0.524. The normalized spacial score (nSPS) is 10.5. The van der Waals surface area contributed by atoms with Crippen molar-refractivity contribution in [2.75, 3.05) is 0 Å². The monoisotopic (exact) mass is 211 g/mol. The molecule has 0 aliphatic rings. The molecule has 2 nitrogen and oxygen atoms in total. The van der Waals surface area contributed by atoms with Crippen molar-refractivity contribution in [1.29, 1.82) is 0 Å².